The lowest BCUT2D eigenvalue weighted by Crippen LogP contribution is -2.54. The first-order valence-electron chi connectivity index (χ1n) is 9.30. The van der Waals surface area contributed by atoms with E-state index in [4.69, 9.17) is 17.0 Å². The Hall–Kier alpha value is -3.69. The zero-order valence-corrected chi connectivity index (χ0v) is 18.7. The molecule has 3 N–H and O–H groups in total. The molecule has 32 heavy (non-hydrogen) atoms. The lowest BCUT2D eigenvalue weighted by Gasteiger charge is -2.29. The highest BCUT2D eigenvalue weighted by atomic mass is 79.9. The number of phenolic OH excluding ortho intramolecular Hbond substituents is 2. The second-order valence-corrected chi connectivity index (χ2v) is 7.94. The van der Waals surface area contributed by atoms with Gasteiger partial charge in [0.05, 0.1) is 5.69 Å². The van der Waals surface area contributed by atoms with Gasteiger partial charge in [-0.05, 0) is 66.8 Å². The number of thiocarbonyl (C=S) groups is 1. The molecule has 0 spiro atoms. The van der Waals surface area contributed by atoms with Crippen LogP contribution in [0.2, 0.25) is 0 Å². The summed E-state index contributed by atoms with van der Waals surface area (Å²) in [6.07, 6.45) is 1.19. The summed E-state index contributed by atoms with van der Waals surface area (Å²) < 4.78 is 6.15. The molecule has 160 valence electrons. The van der Waals surface area contributed by atoms with Crippen LogP contribution in [0.1, 0.15) is 5.56 Å². The molecule has 1 aliphatic heterocycles. The summed E-state index contributed by atoms with van der Waals surface area (Å²) in [5.41, 5.74) is 0.248. The first kappa shape index (κ1) is 21.5. The van der Waals surface area contributed by atoms with Crippen molar-refractivity contribution in [1.29, 1.82) is 0 Å². The van der Waals surface area contributed by atoms with Crippen LogP contribution in [0.15, 0.2) is 76.8 Å². The van der Waals surface area contributed by atoms with Gasteiger partial charge in [0.2, 0.25) is 0 Å². The van der Waals surface area contributed by atoms with E-state index in [1.165, 1.54) is 23.1 Å². The topological polar surface area (TPSA) is 99.1 Å². The van der Waals surface area contributed by atoms with E-state index in [1.54, 1.807) is 24.3 Å². The van der Waals surface area contributed by atoms with Gasteiger partial charge in [0, 0.05) is 10.0 Å². The second kappa shape index (κ2) is 8.81. The molecule has 0 aromatic heterocycles. The van der Waals surface area contributed by atoms with E-state index in [9.17, 15) is 19.8 Å². The summed E-state index contributed by atoms with van der Waals surface area (Å²) in [5.74, 6) is -1.01. The zero-order valence-electron chi connectivity index (χ0n) is 16.3. The molecule has 1 fully saturated rings. The molecule has 0 aliphatic carbocycles. The maximum atomic E-state index is 13.2. The van der Waals surface area contributed by atoms with Crippen LogP contribution in [-0.2, 0) is 9.59 Å². The predicted octanol–water partition coefficient (Wildman–Crippen LogP) is 4.48. The van der Waals surface area contributed by atoms with Gasteiger partial charge in [-0.3, -0.25) is 19.8 Å². The van der Waals surface area contributed by atoms with E-state index in [0.29, 0.717) is 21.7 Å². The summed E-state index contributed by atoms with van der Waals surface area (Å²) in [6, 6.07) is 18.6. The van der Waals surface area contributed by atoms with Crippen LogP contribution in [0.5, 0.6) is 23.0 Å². The van der Waals surface area contributed by atoms with Crippen LogP contribution >= 0.6 is 28.1 Å². The largest absolute Gasteiger partial charge is 0.504 e. The lowest BCUT2D eigenvalue weighted by atomic mass is 10.1. The molecule has 3 aromatic rings. The van der Waals surface area contributed by atoms with Crippen molar-refractivity contribution in [2.45, 2.75) is 0 Å². The van der Waals surface area contributed by atoms with Gasteiger partial charge >= 0.3 is 0 Å². The third-order valence-corrected chi connectivity index (χ3v) is 5.58. The molecule has 0 bridgehead atoms. The molecule has 0 radical (unpaired) electrons. The first-order chi connectivity index (χ1) is 15.3. The average molecular weight is 511 g/mol. The van der Waals surface area contributed by atoms with Gasteiger partial charge in [-0.25, -0.2) is 0 Å². The van der Waals surface area contributed by atoms with Crippen molar-refractivity contribution in [1.82, 2.24) is 5.32 Å². The van der Waals surface area contributed by atoms with Gasteiger partial charge in [-0.1, -0.05) is 34.1 Å². The number of rotatable bonds is 4. The number of anilines is 1. The zero-order chi connectivity index (χ0) is 22.8. The normalized spacial score (nSPS) is 15.1. The van der Waals surface area contributed by atoms with Gasteiger partial charge in [0.25, 0.3) is 11.8 Å². The Morgan fingerprint density at radius 3 is 2.28 bits per heavy atom. The SMILES string of the molecule is O=C1NC(=S)N(c2ccc(Oc3ccccc3)cc2)C(=O)C1=Cc1c(Br)ccc(O)c1O. The number of nitrogens with zero attached hydrogens (tertiary/aromatic N) is 1. The van der Waals surface area contributed by atoms with Crippen LogP contribution in [0.4, 0.5) is 5.69 Å². The molecule has 3 aromatic carbocycles. The molecule has 4 rings (SSSR count). The van der Waals surface area contributed by atoms with Crippen LogP contribution in [0, 0.1) is 0 Å². The Labute approximate surface area is 196 Å². The highest BCUT2D eigenvalue weighted by Gasteiger charge is 2.35. The van der Waals surface area contributed by atoms with Gasteiger partial charge in [-0.15, -0.1) is 0 Å². The molecule has 0 saturated carbocycles. The van der Waals surface area contributed by atoms with E-state index < -0.39 is 17.6 Å². The summed E-state index contributed by atoms with van der Waals surface area (Å²) in [5, 5.41) is 22.3. The minimum absolute atomic E-state index is 0.0759. The third kappa shape index (κ3) is 4.20. The number of carbonyl (C=O) groups is 2. The van der Waals surface area contributed by atoms with Crippen molar-refractivity contribution < 1.29 is 24.5 Å². The quantitative estimate of drug-likeness (QED) is 0.207. The van der Waals surface area contributed by atoms with Crippen LogP contribution in [-0.4, -0.2) is 27.1 Å². The number of aromatic hydroxyl groups is 2. The molecule has 0 atom stereocenters. The minimum atomic E-state index is -0.713. The van der Waals surface area contributed by atoms with Crippen molar-refractivity contribution in [3.63, 3.8) is 0 Å². The van der Waals surface area contributed by atoms with E-state index in [-0.39, 0.29) is 22.0 Å². The third-order valence-electron chi connectivity index (χ3n) is 4.61. The number of amides is 2. The van der Waals surface area contributed by atoms with Crippen molar-refractivity contribution in [3.05, 3.63) is 82.3 Å². The number of carbonyl (C=O) groups excluding carboxylic acids is 2. The Morgan fingerprint density at radius 2 is 1.59 bits per heavy atom. The molecule has 7 nitrogen and oxygen atoms in total. The highest BCUT2D eigenvalue weighted by Crippen LogP contribution is 2.36. The number of ether oxygens (including phenoxy) is 1. The summed E-state index contributed by atoms with van der Waals surface area (Å²) in [7, 11) is 0. The average Bonchev–Trinajstić information content (AvgIpc) is 2.77. The van der Waals surface area contributed by atoms with E-state index >= 15 is 0 Å². The maximum absolute atomic E-state index is 13.2. The molecule has 0 unspecified atom stereocenters. The number of hydrogen-bond acceptors (Lipinski definition) is 6. The van der Waals surface area contributed by atoms with Gasteiger partial charge in [0.15, 0.2) is 16.6 Å². The monoisotopic (exact) mass is 510 g/mol. The van der Waals surface area contributed by atoms with Crippen molar-refractivity contribution >= 4 is 56.8 Å². The predicted molar refractivity (Wildman–Crippen MR) is 127 cm³/mol. The minimum Gasteiger partial charge on any atom is -0.504 e. The van der Waals surface area contributed by atoms with Crippen molar-refractivity contribution in [2.75, 3.05) is 4.90 Å². The molecule has 1 heterocycles. The van der Waals surface area contributed by atoms with Crippen molar-refractivity contribution in [2.24, 2.45) is 0 Å². The molecular weight excluding hydrogens is 496 g/mol. The molecule has 2 amide bonds. The van der Waals surface area contributed by atoms with E-state index in [2.05, 4.69) is 21.2 Å². The fourth-order valence-electron chi connectivity index (χ4n) is 3.03. The molecular formula is C23H15BrN2O5S. The van der Waals surface area contributed by atoms with Crippen LogP contribution < -0.4 is 15.0 Å². The van der Waals surface area contributed by atoms with Crippen molar-refractivity contribution in [3.8, 4) is 23.0 Å². The highest BCUT2D eigenvalue weighted by molar-refractivity contribution is 9.10. The summed E-state index contributed by atoms with van der Waals surface area (Å²) in [4.78, 5) is 26.8. The standard InChI is InChI=1S/C23H15BrN2O5S/c24-18-10-11-19(27)20(28)16(18)12-17-21(29)25-23(32)26(22(17)30)13-6-8-15(9-7-13)31-14-4-2-1-3-5-14/h1-12,27-28H,(H,25,29,32). The summed E-state index contributed by atoms with van der Waals surface area (Å²) >= 11 is 8.45. The number of phenols is 2. The number of hydrogen-bond donors (Lipinski definition) is 3. The number of nitrogens with one attached hydrogen (secondary N) is 1. The number of benzene rings is 3. The fraction of sp³-hybridized carbons (Fsp3) is 0. The Kier molecular flexibility index (Phi) is 5.93. The molecule has 1 saturated heterocycles. The van der Waals surface area contributed by atoms with Crippen LogP contribution in [0.25, 0.3) is 6.08 Å². The van der Waals surface area contributed by atoms with Gasteiger partial charge in [-0.2, -0.15) is 0 Å². The number of halogens is 1. The smallest absolute Gasteiger partial charge is 0.270 e. The van der Waals surface area contributed by atoms with Crippen LogP contribution in [0.3, 0.4) is 0 Å². The molecule has 9 heteroatoms. The Balaban J connectivity index is 1.65. The van der Waals surface area contributed by atoms with Gasteiger partial charge < -0.3 is 14.9 Å². The Morgan fingerprint density at radius 1 is 0.938 bits per heavy atom. The Bertz CT molecular complexity index is 1260. The second-order valence-electron chi connectivity index (χ2n) is 6.70. The number of para-hydroxylation sites is 1. The molecule has 1 aliphatic rings. The van der Waals surface area contributed by atoms with E-state index in [0.717, 1.165) is 0 Å². The van der Waals surface area contributed by atoms with E-state index in [1.807, 2.05) is 30.3 Å². The van der Waals surface area contributed by atoms with Gasteiger partial charge in [0.1, 0.15) is 17.1 Å². The summed E-state index contributed by atoms with van der Waals surface area (Å²) in [6.45, 7) is 0. The maximum Gasteiger partial charge on any atom is 0.270 e. The fourth-order valence-corrected chi connectivity index (χ4v) is 3.75. The first-order valence-corrected chi connectivity index (χ1v) is 10.5. The lowest BCUT2D eigenvalue weighted by molar-refractivity contribution is -0.122.